The number of carbonyl (C=O) groups excluding carboxylic acids is 2. The number of carbonyl (C=O) groups is 2. The normalized spacial score (nSPS) is 14.1. The maximum atomic E-state index is 13.6. The van der Waals surface area contributed by atoms with Gasteiger partial charge in [-0.25, -0.2) is 4.57 Å². The van der Waals surface area contributed by atoms with E-state index in [0.29, 0.717) is 23.9 Å². The van der Waals surface area contributed by atoms with E-state index in [9.17, 15) is 19.0 Å². The molecule has 10 heteroatoms. The molecule has 3 atom stereocenters. The standard InChI is InChI=1S/C67H123N2O7P/c1-7-10-13-16-19-22-25-28-30-32-34-36-38-41-44-47-50-53-56-59-66(70)68-64(63-75-77(72,73)74-62-61-69(4,5)6)65(58-55-52-49-46-43-40-27-24-21-18-15-12-9-3)76-67(71)60-57-54-51-48-45-42-39-37-35-33-31-29-26-23-20-17-14-11-8-2/h19,22,28-31,34,36,41,44,55,58,64-65H,7-18,20-21,23-27,32-33,35,37-40,42-43,45-54,56-57,59-63H2,1-6H3,(H-,68,70,72,73)/p+1/b22-19-,30-28-,31-29+,36-34-,44-41-,58-55+. The molecule has 0 spiro atoms. The van der Waals surface area contributed by atoms with Crippen molar-refractivity contribution < 1.29 is 37.3 Å². The molecule has 448 valence electrons. The Morgan fingerprint density at radius 3 is 1.23 bits per heavy atom. The van der Waals surface area contributed by atoms with Gasteiger partial charge >= 0.3 is 13.8 Å². The molecule has 0 saturated heterocycles. The van der Waals surface area contributed by atoms with E-state index in [1.54, 1.807) is 0 Å². The van der Waals surface area contributed by atoms with Crippen LogP contribution in [0.15, 0.2) is 72.9 Å². The second kappa shape index (κ2) is 56.7. The van der Waals surface area contributed by atoms with E-state index in [0.717, 1.165) is 77.0 Å². The zero-order valence-corrected chi connectivity index (χ0v) is 52.1. The second-order valence-electron chi connectivity index (χ2n) is 22.9. The molecule has 0 aromatic rings. The number of esters is 1. The summed E-state index contributed by atoms with van der Waals surface area (Å²) >= 11 is 0. The molecular weight excluding hydrogens is 976 g/mol. The number of quaternary nitrogens is 1. The molecule has 1 amide bonds. The number of nitrogens with one attached hydrogen (secondary N) is 1. The van der Waals surface area contributed by atoms with Crippen molar-refractivity contribution >= 4 is 19.7 Å². The van der Waals surface area contributed by atoms with Crippen molar-refractivity contribution in [1.82, 2.24) is 5.32 Å². The molecule has 3 unspecified atom stereocenters. The molecule has 0 radical (unpaired) electrons. The van der Waals surface area contributed by atoms with Crippen LogP contribution in [-0.2, 0) is 27.9 Å². The van der Waals surface area contributed by atoms with Gasteiger partial charge in [-0.05, 0) is 102 Å². The Labute approximate surface area is 476 Å². The number of likely N-dealkylation sites (N-methyl/N-ethyl adjacent to an activating group) is 1. The van der Waals surface area contributed by atoms with Gasteiger partial charge in [0.1, 0.15) is 19.3 Å². The van der Waals surface area contributed by atoms with E-state index < -0.39 is 20.0 Å². The lowest BCUT2D eigenvalue weighted by molar-refractivity contribution is -0.870. The lowest BCUT2D eigenvalue weighted by atomic mass is 10.0. The van der Waals surface area contributed by atoms with Gasteiger partial charge in [-0.15, -0.1) is 0 Å². The summed E-state index contributed by atoms with van der Waals surface area (Å²) in [7, 11) is 1.47. The van der Waals surface area contributed by atoms with Gasteiger partial charge in [0.05, 0.1) is 33.8 Å². The highest BCUT2D eigenvalue weighted by Crippen LogP contribution is 2.43. The van der Waals surface area contributed by atoms with Crippen molar-refractivity contribution in [3.63, 3.8) is 0 Å². The van der Waals surface area contributed by atoms with Gasteiger partial charge in [0, 0.05) is 12.8 Å². The van der Waals surface area contributed by atoms with Crippen LogP contribution in [0.25, 0.3) is 0 Å². The van der Waals surface area contributed by atoms with Crippen LogP contribution in [0.3, 0.4) is 0 Å². The number of phosphoric acid groups is 1. The minimum Gasteiger partial charge on any atom is -0.456 e. The van der Waals surface area contributed by atoms with Crippen LogP contribution in [0, 0.1) is 0 Å². The topological polar surface area (TPSA) is 111 Å². The molecule has 77 heavy (non-hydrogen) atoms. The maximum absolute atomic E-state index is 13.6. The highest BCUT2D eigenvalue weighted by atomic mass is 31.2. The first-order chi connectivity index (χ1) is 37.4. The average molecular weight is 1100 g/mol. The molecule has 2 N–H and O–H groups in total. The van der Waals surface area contributed by atoms with Crippen molar-refractivity contribution in [2.24, 2.45) is 0 Å². The van der Waals surface area contributed by atoms with Crippen LogP contribution in [-0.4, -0.2) is 74.3 Å². The highest BCUT2D eigenvalue weighted by Gasteiger charge is 2.30. The lowest BCUT2D eigenvalue weighted by Gasteiger charge is -2.27. The number of hydrogen-bond acceptors (Lipinski definition) is 6. The number of hydrogen-bond donors (Lipinski definition) is 2. The molecule has 0 aliphatic heterocycles. The molecule has 9 nitrogen and oxygen atoms in total. The molecule has 0 aliphatic carbocycles. The minimum absolute atomic E-state index is 0.0316. The largest absolute Gasteiger partial charge is 0.472 e. The zero-order valence-electron chi connectivity index (χ0n) is 51.2. The maximum Gasteiger partial charge on any atom is 0.472 e. The molecule has 0 bridgehead atoms. The third-order valence-corrected chi connectivity index (χ3v) is 15.1. The first-order valence-electron chi connectivity index (χ1n) is 32.3. The van der Waals surface area contributed by atoms with E-state index in [1.165, 1.54) is 173 Å². The zero-order chi connectivity index (χ0) is 56.4. The first kappa shape index (κ1) is 74.5. The number of nitrogens with zero attached hydrogens (tertiary/aromatic N) is 1. The van der Waals surface area contributed by atoms with Crippen LogP contribution in [0.5, 0.6) is 0 Å². The second-order valence-corrected chi connectivity index (χ2v) is 24.4. The Bertz CT molecular complexity index is 1550. The van der Waals surface area contributed by atoms with Crippen molar-refractivity contribution in [3.8, 4) is 0 Å². The summed E-state index contributed by atoms with van der Waals surface area (Å²) in [6.45, 7) is 6.97. The smallest absolute Gasteiger partial charge is 0.456 e. The van der Waals surface area contributed by atoms with Gasteiger partial charge in [-0.3, -0.25) is 18.6 Å². The van der Waals surface area contributed by atoms with Crippen LogP contribution in [0.4, 0.5) is 0 Å². The molecule has 0 heterocycles. The summed E-state index contributed by atoms with van der Waals surface area (Å²) in [5.74, 6) is -0.539. The third kappa shape index (κ3) is 57.9. The lowest BCUT2D eigenvalue weighted by Crippen LogP contribution is -2.47. The summed E-state index contributed by atoms with van der Waals surface area (Å²) < 4.78 is 30.7. The Hall–Kier alpha value is -2.55. The molecule has 0 aromatic carbocycles. The number of allylic oxidation sites excluding steroid dienone is 11. The van der Waals surface area contributed by atoms with E-state index in [-0.39, 0.29) is 31.5 Å². The highest BCUT2D eigenvalue weighted by molar-refractivity contribution is 7.47. The van der Waals surface area contributed by atoms with Gasteiger partial charge in [-0.2, -0.15) is 0 Å². The van der Waals surface area contributed by atoms with Crippen LogP contribution >= 0.6 is 7.82 Å². The van der Waals surface area contributed by atoms with E-state index in [2.05, 4.69) is 86.8 Å². The van der Waals surface area contributed by atoms with Crippen molar-refractivity contribution in [1.29, 1.82) is 0 Å². The summed E-state index contributed by atoms with van der Waals surface area (Å²) in [4.78, 5) is 37.8. The van der Waals surface area contributed by atoms with Gasteiger partial charge in [0.2, 0.25) is 5.91 Å². The Morgan fingerprint density at radius 1 is 0.455 bits per heavy atom. The van der Waals surface area contributed by atoms with E-state index in [4.69, 9.17) is 13.8 Å². The summed E-state index contributed by atoms with van der Waals surface area (Å²) in [6, 6.07) is -0.868. The average Bonchev–Trinajstić information content (AvgIpc) is 3.39. The fourth-order valence-electron chi connectivity index (χ4n) is 9.10. The van der Waals surface area contributed by atoms with E-state index >= 15 is 0 Å². The molecule has 0 fully saturated rings. The van der Waals surface area contributed by atoms with Crippen molar-refractivity contribution in [2.75, 3.05) is 40.9 Å². The quantitative estimate of drug-likeness (QED) is 0.0205. The molecule has 0 aromatic heterocycles. The molecule has 0 rings (SSSR count). The summed E-state index contributed by atoms with van der Waals surface area (Å²) in [5.41, 5.74) is 0. The number of rotatable bonds is 58. The number of ether oxygens (including phenoxy) is 1. The molecule has 0 aliphatic rings. The Balaban J connectivity index is 5.32. The van der Waals surface area contributed by atoms with Crippen LogP contribution < -0.4 is 5.32 Å². The van der Waals surface area contributed by atoms with Gasteiger partial charge < -0.3 is 19.4 Å². The van der Waals surface area contributed by atoms with Crippen molar-refractivity contribution in [3.05, 3.63) is 72.9 Å². The van der Waals surface area contributed by atoms with Gasteiger partial charge in [0.25, 0.3) is 0 Å². The van der Waals surface area contributed by atoms with Gasteiger partial charge in [0.15, 0.2) is 0 Å². The Kier molecular flexibility index (Phi) is 54.8. The fourth-order valence-corrected chi connectivity index (χ4v) is 9.83. The minimum atomic E-state index is -4.46. The summed E-state index contributed by atoms with van der Waals surface area (Å²) in [6.07, 6.45) is 73.2. The number of unbranched alkanes of at least 4 members (excludes halogenated alkanes) is 32. The fraction of sp³-hybridized carbons (Fsp3) is 0.791. The number of amides is 1. The molecule has 0 saturated carbocycles. The van der Waals surface area contributed by atoms with Crippen molar-refractivity contribution in [2.45, 2.75) is 303 Å². The predicted molar refractivity (Wildman–Crippen MR) is 332 cm³/mol. The van der Waals surface area contributed by atoms with Crippen LogP contribution in [0.2, 0.25) is 0 Å². The number of phosphoric ester groups is 1. The predicted octanol–water partition coefficient (Wildman–Crippen LogP) is 20.0. The van der Waals surface area contributed by atoms with Crippen LogP contribution in [0.1, 0.15) is 290 Å². The Morgan fingerprint density at radius 2 is 0.792 bits per heavy atom. The third-order valence-electron chi connectivity index (χ3n) is 14.1. The first-order valence-corrected chi connectivity index (χ1v) is 33.8. The van der Waals surface area contributed by atoms with Gasteiger partial charge in [-0.1, -0.05) is 248 Å². The molecular formula is C67H124N2O7P+. The SMILES string of the molecule is CCCCC/C=C\C/C=C\C/C=C\C/C=C\CCCCCC(=O)NC(COP(=O)(O)OCC[N+](C)(C)C)C(/C=C/CCCCCCCCCCCCC)OC(=O)CCCCCCCCCCC/C=C/CCCCCCCC. The monoisotopic (exact) mass is 1100 g/mol. The van der Waals surface area contributed by atoms with E-state index in [1.807, 2.05) is 33.3 Å². The summed E-state index contributed by atoms with van der Waals surface area (Å²) in [5, 5.41) is 3.04.